The third-order valence-electron chi connectivity index (χ3n) is 7.06. The van der Waals surface area contributed by atoms with Gasteiger partial charge in [0, 0.05) is 28.9 Å². The molecule has 0 aliphatic carbocycles. The van der Waals surface area contributed by atoms with Gasteiger partial charge in [-0.05, 0) is 16.7 Å². The van der Waals surface area contributed by atoms with Crippen molar-refractivity contribution in [3.63, 3.8) is 0 Å². The van der Waals surface area contributed by atoms with Gasteiger partial charge in [-0.2, -0.15) is 0 Å². The molecule has 168 valence electrons. The molecule has 34 heavy (non-hydrogen) atoms. The van der Waals surface area contributed by atoms with E-state index in [0.29, 0.717) is 10.5 Å². The lowest BCUT2D eigenvalue weighted by molar-refractivity contribution is -0.0456. The molecule has 1 fully saturated rings. The molecule has 3 heteroatoms. The largest absolute Gasteiger partial charge is 0.388 e. The number of hydrogen-bond acceptors (Lipinski definition) is 3. The number of thioether (sulfide) groups is 1. The van der Waals surface area contributed by atoms with Gasteiger partial charge in [-0.15, -0.1) is 11.8 Å². The fourth-order valence-electron chi connectivity index (χ4n) is 5.47. The average molecular weight is 462 g/mol. The van der Waals surface area contributed by atoms with E-state index in [9.17, 15) is 0 Å². The summed E-state index contributed by atoms with van der Waals surface area (Å²) in [6.07, 6.45) is 1.84. The van der Waals surface area contributed by atoms with E-state index >= 15 is 0 Å². The highest BCUT2D eigenvalue weighted by molar-refractivity contribution is 7.99. The quantitative estimate of drug-likeness (QED) is 0.307. The second-order valence-corrected chi connectivity index (χ2v) is 10.6. The zero-order valence-electron chi connectivity index (χ0n) is 19.0. The first-order valence-electron chi connectivity index (χ1n) is 11.9. The second kappa shape index (κ2) is 9.15. The highest BCUT2D eigenvalue weighted by Crippen LogP contribution is 2.60. The first kappa shape index (κ1) is 21.2. The van der Waals surface area contributed by atoms with Crippen molar-refractivity contribution >= 4 is 17.5 Å². The van der Waals surface area contributed by atoms with E-state index in [0.717, 1.165) is 24.1 Å². The van der Waals surface area contributed by atoms with E-state index in [1.807, 2.05) is 0 Å². The van der Waals surface area contributed by atoms with Gasteiger partial charge in [0.1, 0.15) is 0 Å². The Hall–Kier alpha value is -3.30. The molecule has 2 unspecified atom stereocenters. The molecule has 4 atom stereocenters. The van der Waals surface area contributed by atoms with Crippen molar-refractivity contribution in [2.45, 2.75) is 34.9 Å². The predicted molar refractivity (Wildman–Crippen MR) is 141 cm³/mol. The zero-order chi connectivity index (χ0) is 22.8. The molecule has 0 aromatic heterocycles. The van der Waals surface area contributed by atoms with Gasteiger partial charge in [0.05, 0.1) is 11.6 Å². The van der Waals surface area contributed by atoms with Gasteiger partial charge in [0.15, 0.2) is 5.60 Å². The summed E-state index contributed by atoms with van der Waals surface area (Å²) in [5.41, 5.74) is 5.76. The van der Waals surface area contributed by atoms with Gasteiger partial charge in [-0.1, -0.05) is 126 Å². The van der Waals surface area contributed by atoms with Crippen LogP contribution in [-0.2, 0) is 4.84 Å². The highest BCUT2D eigenvalue weighted by atomic mass is 32.2. The maximum Gasteiger partial charge on any atom is 0.153 e. The first-order valence-corrected chi connectivity index (χ1v) is 12.9. The minimum absolute atomic E-state index is 0.0782. The molecule has 1 saturated heterocycles. The van der Waals surface area contributed by atoms with Crippen LogP contribution in [-0.4, -0.2) is 11.3 Å². The Kier molecular flexibility index (Phi) is 5.72. The summed E-state index contributed by atoms with van der Waals surface area (Å²) in [6.45, 7) is 0. The maximum absolute atomic E-state index is 6.59. The summed E-state index contributed by atoms with van der Waals surface area (Å²) >= 11 is 2.06. The average Bonchev–Trinajstić information content (AvgIpc) is 3.28. The van der Waals surface area contributed by atoms with Crippen molar-refractivity contribution in [3.05, 3.63) is 144 Å². The smallest absolute Gasteiger partial charge is 0.153 e. The molecule has 0 amide bonds. The van der Waals surface area contributed by atoms with E-state index in [4.69, 9.17) is 9.99 Å². The Morgan fingerprint density at radius 2 is 1.03 bits per heavy atom. The lowest BCUT2D eigenvalue weighted by Crippen LogP contribution is -2.42. The lowest BCUT2D eigenvalue weighted by Gasteiger charge is -2.44. The van der Waals surface area contributed by atoms with Crippen LogP contribution in [0.25, 0.3) is 0 Å². The van der Waals surface area contributed by atoms with Crippen molar-refractivity contribution in [1.29, 1.82) is 0 Å². The molecular weight excluding hydrogens is 434 g/mol. The molecular formula is C31H27NOS. The van der Waals surface area contributed by atoms with E-state index < -0.39 is 5.60 Å². The van der Waals surface area contributed by atoms with Crippen molar-refractivity contribution < 1.29 is 4.84 Å². The van der Waals surface area contributed by atoms with Gasteiger partial charge >= 0.3 is 0 Å². The predicted octanol–water partition coefficient (Wildman–Crippen LogP) is 7.95. The van der Waals surface area contributed by atoms with Crippen molar-refractivity contribution in [1.82, 2.24) is 0 Å². The van der Waals surface area contributed by atoms with Crippen LogP contribution >= 0.6 is 11.8 Å². The van der Waals surface area contributed by atoms with Gasteiger partial charge < -0.3 is 4.84 Å². The molecule has 0 saturated carbocycles. The van der Waals surface area contributed by atoms with Crippen LogP contribution < -0.4 is 0 Å². The van der Waals surface area contributed by atoms with Crippen LogP contribution in [0.2, 0.25) is 0 Å². The molecule has 2 nitrogen and oxygen atoms in total. The Balaban J connectivity index is 1.47. The third kappa shape index (κ3) is 3.95. The summed E-state index contributed by atoms with van der Waals surface area (Å²) in [4.78, 5) is 6.59. The zero-order valence-corrected chi connectivity index (χ0v) is 19.8. The van der Waals surface area contributed by atoms with Crippen LogP contribution in [0.15, 0.2) is 126 Å². The van der Waals surface area contributed by atoms with Gasteiger partial charge in [-0.25, -0.2) is 0 Å². The van der Waals surface area contributed by atoms with Gasteiger partial charge in [0.25, 0.3) is 0 Å². The number of nitrogens with zero attached hydrogens (tertiary/aromatic N) is 1. The molecule has 2 heterocycles. The van der Waals surface area contributed by atoms with Gasteiger partial charge in [0.2, 0.25) is 0 Å². The van der Waals surface area contributed by atoms with Crippen molar-refractivity contribution in [3.8, 4) is 0 Å². The molecule has 4 aromatic rings. The number of rotatable bonds is 4. The molecule has 1 spiro atoms. The topological polar surface area (TPSA) is 21.6 Å². The lowest BCUT2D eigenvalue weighted by atomic mass is 9.71. The summed E-state index contributed by atoms with van der Waals surface area (Å²) in [7, 11) is 0. The normalized spacial score (nSPS) is 26.1. The Morgan fingerprint density at radius 1 is 0.588 bits per heavy atom. The van der Waals surface area contributed by atoms with Crippen molar-refractivity contribution in [2.24, 2.45) is 5.16 Å². The standard InChI is InChI=1S/C31H27NOS/c1-5-13-23(14-6-1)27-21-31(22-28(34-27)24-15-7-2-8-16-24)29(25-17-9-3-10-18-25)30(32-33-31)26-19-11-4-12-20-26/h1-20,27-29H,21-22H2/t27-,28+,29?,31?. The third-order valence-corrected chi connectivity index (χ3v) is 8.60. The monoisotopic (exact) mass is 461 g/mol. The van der Waals surface area contributed by atoms with Crippen LogP contribution in [0.1, 0.15) is 51.5 Å². The molecule has 2 aliphatic rings. The Morgan fingerprint density at radius 3 is 1.53 bits per heavy atom. The minimum Gasteiger partial charge on any atom is -0.388 e. The van der Waals surface area contributed by atoms with E-state index in [-0.39, 0.29) is 5.92 Å². The highest BCUT2D eigenvalue weighted by Gasteiger charge is 2.55. The maximum atomic E-state index is 6.59. The Labute approximate surface area is 205 Å². The summed E-state index contributed by atoms with van der Waals surface area (Å²) in [5.74, 6) is 0.0782. The fraction of sp³-hybridized carbons (Fsp3) is 0.194. The van der Waals surface area contributed by atoms with Crippen molar-refractivity contribution in [2.75, 3.05) is 0 Å². The van der Waals surface area contributed by atoms with Gasteiger partial charge in [-0.3, -0.25) is 0 Å². The SMILES string of the molecule is c1ccc(C2=NOC3(C[C@@H](c4ccccc4)S[C@@H](c4ccccc4)C3)C2c2ccccc2)cc1. The number of benzene rings is 4. The summed E-state index contributed by atoms with van der Waals surface area (Å²) < 4.78 is 0. The molecule has 2 aliphatic heterocycles. The minimum atomic E-state index is -0.404. The Bertz CT molecular complexity index is 1210. The molecule has 0 N–H and O–H groups in total. The van der Waals surface area contributed by atoms with Crippen LogP contribution in [0.5, 0.6) is 0 Å². The van der Waals surface area contributed by atoms with E-state index in [1.54, 1.807) is 0 Å². The van der Waals surface area contributed by atoms with Crippen LogP contribution in [0.3, 0.4) is 0 Å². The molecule has 4 aromatic carbocycles. The fourth-order valence-corrected chi connectivity index (χ4v) is 7.26. The molecule has 0 bridgehead atoms. The number of oxime groups is 1. The van der Waals surface area contributed by atoms with Crippen LogP contribution in [0.4, 0.5) is 0 Å². The van der Waals surface area contributed by atoms with E-state index in [2.05, 4.69) is 133 Å². The van der Waals surface area contributed by atoms with Crippen LogP contribution in [0, 0.1) is 0 Å². The summed E-state index contributed by atoms with van der Waals surface area (Å²) in [6, 6.07) is 43.1. The summed E-state index contributed by atoms with van der Waals surface area (Å²) in [5, 5.41) is 5.46. The second-order valence-electron chi connectivity index (χ2n) is 9.19. The number of hydrogen-bond donors (Lipinski definition) is 0. The molecule has 0 radical (unpaired) electrons. The molecule has 6 rings (SSSR count). The first-order chi connectivity index (χ1) is 16.8. The van der Waals surface area contributed by atoms with E-state index in [1.165, 1.54) is 16.7 Å².